The van der Waals surface area contributed by atoms with E-state index in [-0.39, 0.29) is 49.6 Å². The molecule has 4 aromatic rings. The first-order chi connectivity index (χ1) is 28.8. The van der Waals surface area contributed by atoms with Crippen LogP contribution in [0.3, 0.4) is 0 Å². The molecule has 7 rings (SSSR count). The summed E-state index contributed by atoms with van der Waals surface area (Å²) in [5, 5.41) is 17.7. The van der Waals surface area contributed by atoms with E-state index < -0.39 is 35.5 Å². The number of carbonyl (C=O) groups excluding carboxylic acids is 3. The first-order valence-electron chi connectivity index (χ1n) is 21.3. The quantitative estimate of drug-likeness (QED) is 0.154. The number of aryl methyl sites for hydroxylation is 1. The number of aromatic nitrogens is 3. The Morgan fingerprint density at radius 2 is 1.98 bits per heavy atom. The van der Waals surface area contributed by atoms with Crippen LogP contribution in [0.25, 0.3) is 33.4 Å². The van der Waals surface area contributed by atoms with E-state index in [1.807, 2.05) is 44.2 Å². The molecule has 0 radical (unpaired) electrons. The molecular formula is C45H61N7O7S. The normalized spacial score (nSPS) is 24.9. The SMILES string of the molecule is CCn1c(-c2cccnc2[C@H](C)OC)c2c3cc(ccc31)-c1csc(n1)C(OCCN(C)CCO)[C@H](NC(=O)C1[C@@H](C)[C@H]1C)C(=O)N1CCC[C@H](N1)C(=O)OCC(C)(C)C2. The van der Waals surface area contributed by atoms with Gasteiger partial charge in [-0.15, -0.1) is 11.3 Å². The average molecular weight is 844 g/mol. The van der Waals surface area contributed by atoms with Crippen LogP contribution in [0.5, 0.6) is 0 Å². The highest BCUT2D eigenvalue weighted by Gasteiger charge is 2.50. The van der Waals surface area contributed by atoms with Crippen LogP contribution in [0.1, 0.15) is 82.9 Å². The van der Waals surface area contributed by atoms with Crippen LogP contribution in [-0.4, -0.2) is 113 Å². The number of thiazole rings is 1. The topological polar surface area (TPSA) is 160 Å². The molecular weight excluding hydrogens is 783 g/mol. The molecule has 2 unspecified atom stereocenters. The maximum absolute atomic E-state index is 14.8. The number of hydrogen-bond acceptors (Lipinski definition) is 12. The van der Waals surface area contributed by atoms with Crippen molar-refractivity contribution in [3.05, 3.63) is 58.2 Å². The summed E-state index contributed by atoms with van der Waals surface area (Å²) >= 11 is 1.38. The Hall–Kier alpha value is -4.25. The molecule has 3 N–H and O–H groups in total. The van der Waals surface area contributed by atoms with E-state index in [9.17, 15) is 19.5 Å². The molecule has 2 fully saturated rings. The summed E-state index contributed by atoms with van der Waals surface area (Å²) in [6.45, 7) is 14.8. The monoisotopic (exact) mass is 843 g/mol. The first-order valence-corrected chi connectivity index (χ1v) is 22.2. The van der Waals surface area contributed by atoms with Crippen LogP contribution in [-0.2, 0) is 41.6 Å². The number of benzene rings is 1. The van der Waals surface area contributed by atoms with E-state index in [2.05, 4.69) is 60.3 Å². The minimum Gasteiger partial charge on any atom is -0.464 e. The molecule has 2 aliphatic heterocycles. The lowest BCUT2D eigenvalue weighted by molar-refractivity contribution is -0.157. The lowest BCUT2D eigenvalue weighted by atomic mass is 9.84. The van der Waals surface area contributed by atoms with Crippen LogP contribution in [0.15, 0.2) is 41.9 Å². The average Bonchev–Trinajstić information content (AvgIpc) is 3.52. The third-order valence-electron chi connectivity index (χ3n) is 12.6. The molecule has 6 bridgehead atoms. The fourth-order valence-electron chi connectivity index (χ4n) is 8.77. The third-order valence-corrected chi connectivity index (χ3v) is 13.5. The van der Waals surface area contributed by atoms with Gasteiger partial charge >= 0.3 is 5.97 Å². The molecule has 0 spiro atoms. The number of pyridine rings is 1. The maximum atomic E-state index is 14.8. The van der Waals surface area contributed by atoms with Gasteiger partial charge in [-0.05, 0) is 81.8 Å². The van der Waals surface area contributed by atoms with Gasteiger partial charge in [0.15, 0.2) is 0 Å². The Kier molecular flexibility index (Phi) is 13.4. The molecule has 60 heavy (non-hydrogen) atoms. The molecule has 1 saturated heterocycles. The summed E-state index contributed by atoms with van der Waals surface area (Å²) in [6, 6.07) is 8.55. The highest BCUT2D eigenvalue weighted by atomic mass is 32.1. The summed E-state index contributed by atoms with van der Waals surface area (Å²) in [5.41, 5.74) is 9.33. The number of ether oxygens (including phenoxy) is 3. The Morgan fingerprint density at radius 1 is 1.20 bits per heavy atom. The molecule has 2 amide bonds. The van der Waals surface area contributed by atoms with E-state index in [0.717, 1.165) is 44.7 Å². The lowest BCUT2D eigenvalue weighted by Gasteiger charge is -2.37. The summed E-state index contributed by atoms with van der Waals surface area (Å²) in [7, 11) is 3.58. The van der Waals surface area contributed by atoms with Crippen LogP contribution >= 0.6 is 11.3 Å². The number of aliphatic hydroxyl groups excluding tert-OH is 1. The zero-order valence-corrected chi connectivity index (χ0v) is 37.0. The zero-order valence-electron chi connectivity index (χ0n) is 36.2. The highest BCUT2D eigenvalue weighted by molar-refractivity contribution is 7.10. The Labute approximate surface area is 357 Å². The number of esters is 1. The minimum atomic E-state index is -1.14. The fraction of sp³-hybridized carbons (Fsp3) is 0.578. The third kappa shape index (κ3) is 9.02. The summed E-state index contributed by atoms with van der Waals surface area (Å²) in [5.74, 6) is -0.912. The number of methoxy groups -OCH3 is 1. The van der Waals surface area contributed by atoms with Crippen LogP contribution in [0.4, 0.5) is 0 Å². The van der Waals surface area contributed by atoms with Gasteiger partial charge in [-0.3, -0.25) is 24.4 Å². The van der Waals surface area contributed by atoms with E-state index in [4.69, 9.17) is 24.2 Å². The van der Waals surface area contributed by atoms with Gasteiger partial charge in [-0.25, -0.2) is 10.4 Å². The number of hydrazine groups is 1. The van der Waals surface area contributed by atoms with Gasteiger partial charge < -0.3 is 34.1 Å². The molecule has 1 saturated carbocycles. The second-order valence-electron chi connectivity index (χ2n) is 17.5. The number of nitrogens with zero attached hydrogens (tertiary/aromatic N) is 5. The molecule has 5 heterocycles. The smallest absolute Gasteiger partial charge is 0.324 e. The number of cyclic esters (lactones) is 1. The molecule has 324 valence electrons. The predicted octanol–water partition coefficient (Wildman–Crippen LogP) is 5.54. The number of fused-ring (bicyclic) bond motifs is 6. The van der Waals surface area contributed by atoms with Crippen molar-refractivity contribution < 1.29 is 33.7 Å². The van der Waals surface area contributed by atoms with Crippen LogP contribution in [0, 0.1) is 23.2 Å². The van der Waals surface area contributed by atoms with Crippen molar-refractivity contribution in [2.75, 3.05) is 53.6 Å². The van der Waals surface area contributed by atoms with Gasteiger partial charge in [0.05, 0.1) is 43.0 Å². The molecule has 1 aromatic carbocycles. The van der Waals surface area contributed by atoms with Crippen molar-refractivity contribution in [1.29, 1.82) is 0 Å². The van der Waals surface area contributed by atoms with Gasteiger partial charge in [0, 0.05) is 78.2 Å². The Morgan fingerprint density at radius 3 is 2.70 bits per heavy atom. The molecule has 14 nitrogen and oxygen atoms in total. The number of likely N-dealkylation sites (N-methyl/N-ethyl adjacent to an activating group) is 1. The van der Waals surface area contributed by atoms with E-state index in [0.29, 0.717) is 50.4 Å². The van der Waals surface area contributed by atoms with Gasteiger partial charge in [-0.2, -0.15) is 0 Å². The number of aliphatic hydroxyl groups is 1. The maximum Gasteiger partial charge on any atom is 0.324 e. The number of carbonyl (C=O) groups is 3. The first kappa shape index (κ1) is 43.8. The number of amides is 2. The summed E-state index contributed by atoms with van der Waals surface area (Å²) in [4.78, 5) is 54.5. The van der Waals surface area contributed by atoms with E-state index in [1.54, 1.807) is 13.3 Å². The second kappa shape index (κ2) is 18.4. The Balaban J connectivity index is 1.39. The minimum absolute atomic E-state index is 0.00269. The van der Waals surface area contributed by atoms with Gasteiger partial charge in [0.2, 0.25) is 5.91 Å². The largest absolute Gasteiger partial charge is 0.464 e. The summed E-state index contributed by atoms with van der Waals surface area (Å²) in [6.07, 6.45) is 2.24. The molecule has 3 aliphatic rings. The van der Waals surface area contributed by atoms with E-state index >= 15 is 0 Å². The number of rotatable bonds is 12. The lowest BCUT2D eigenvalue weighted by Crippen LogP contribution is -2.61. The molecule has 7 atom stereocenters. The number of hydrogen-bond donors (Lipinski definition) is 3. The second-order valence-corrected chi connectivity index (χ2v) is 18.4. The molecule has 1 aliphatic carbocycles. The number of nitrogens with one attached hydrogen (secondary N) is 2. The highest BCUT2D eigenvalue weighted by Crippen LogP contribution is 2.46. The summed E-state index contributed by atoms with van der Waals surface area (Å²) < 4.78 is 20.9. The fourth-order valence-corrected chi connectivity index (χ4v) is 9.68. The van der Waals surface area contributed by atoms with Crippen molar-refractivity contribution >= 4 is 40.0 Å². The standard InChI is InChI=1S/C45H61N7O7S/c1-9-51-35-15-14-29-22-31(35)32(39(51)30-12-10-16-46-37(30)28(4)57-8)23-45(5,6)25-59-44(56)33-13-11-17-52(49-33)43(55)38(48-41(54)36-26(2)27(36)3)40(42-47-34(29)24-60-42)58-21-19-50(7)18-20-53/h10,12,14-16,22,24,26-28,33,36,38,40,49,53H,9,11,13,17-21,23,25H2,1-8H3,(H,48,54)/t26-,27+,28-,33-,36?,38-,40?/m0/s1. The van der Waals surface area contributed by atoms with Crippen LogP contribution in [0.2, 0.25) is 0 Å². The van der Waals surface area contributed by atoms with Crippen molar-refractivity contribution in [2.24, 2.45) is 23.2 Å². The van der Waals surface area contributed by atoms with Gasteiger partial charge in [0.1, 0.15) is 23.2 Å². The van der Waals surface area contributed by atoms with Crippen molar-refractivity contribution in [3.8, 4) is 22.5 Å². The predicted molar refractivity (Wildman–Crippen MR) is 231 cm³/mol. The van der Waals surface area contributed by atoms with E-state index in [1.165, 1.54) is 16.3 Å². The van der Waals surface area contributed by atoms with Crippen molar-refractivity contribution in [1.82, 2.24) is 35.2 Å². The Bertz CT molecular complexity index is 2180. The molecule has 15 heteroatoms. The van der Waals surface area contributed by atoms with Gasteiger partial charge in [-0.1, -0.05) is 33.8 Å². The zero-order chi connectivity index (χ0) is 42.9. The van der Waals surface area contributed by atoms with Crippen LogP contribution < -0.4 is 10.7 Å². The van der Waals surface area contributed by atoms with Crippen molar-refractivity contribution in [2.45, 2.75) is 91.6 Å². The van der Waals surface area contributed by atoms with Crippen molar-refractivity contribution in [3.63, 3.8) is 0 Å². The molecule has 3 aromatic heterocycles. The van der Waals surface area contributed by atoms with Gasteiger partial charge in [0.25, 0.3) is 5.91 Å².